The van der Waals surface area contributed by atoms with Gasteiger partial charge in [0.1, 0.15) is 0 Å². The number of aryl methyl sites for hydroxylation is 1. The summed E-state index contributed by atoms with van der Waals surface area (Å²) >= 11 is 3.41. The van der Waals surface area contributed by atoms with Gasteiger partial charge in [-0.3, -0.25) is 4.79 Å². The molecule has 0 aliphatic rings. The smallest absolute Gasteiger partial charge is 0.225 e. The zero-order valence-electron chi connectivity index (χ0n) is 10.8. The predicted octanol–water partition coefficient (Wildman–Crippen LogP) is 3.71. The molecule has 1 heterocycles. The van der Waals surface area contributed by atoms with Gasteiger partial charge < -0.3 is 5.32 Å². The van der Waals surface area contributed by atoms with Crippen LogP contribution in [0, 0.1) is 6.92 Å². The number of thiazole rings is 1. The number of hydrogen-bond donors (Lipinski definition) is 1. The van der Waals surface area contributed by atoms with Crippen molar-refractivity contribution in [1.29, 1.82) is 0 Å². The van der Waals surface area contributed by atoms with E-state index >= 15 is 0 Å². The molecule has 1 N–H and O–H groups in total. The highest BCUT2D eigenvalue weighted by Crippen LogP contribution is 2.16. The van der Waals surface area contributed by atoms with Crippen LogP contribution in [-0.4, -0.2) is 16.6 Å². The van der Waals surface area contributed by atoms with Gasteiger partial charge in [-0.2, -0.15) is 11.8 Å². The maximum Gasteiger partial charge on any atom is 0.225 e. The number of para-hydroxylation sites is 1. The summed E-state index contributed by atoms with van der Waals surface area (Å²) in [6.45, 7) is 2.01. The lowest BCUT2D eigenvalue weighted by Crippen LogP contribution is -2.12. The number of amides is 1. The second kappa shape index (κ2) is 7.31. The van der Waals surface area contributed by atoms with Crippen LogP contribution in [0.1, 0.15) is 17.1 Å². The molecule has 0 aliphatic heterocycles. The van der Waals surface area contributed by atoms with Gasteiger partial charge in [0.05, 0.1) is 10.7 Å². The Labute approximate surface area is 121 Å². The molecule has 0 radical (unpaired) electrons. The van der Waals surface area contributed by atoms with Crippen molar-refractivity contribution in [2.24, 2.45) is 0 Å². The molecule has 2 rings (SSSR count). The molecule has 3 nitrogen and oxygen atoms in total. The minimum Gasteiger partial charge on any atom is -0.326 e. The predicted molar refractivity (Wildman–Crippen MR) is 82.7 cm³/mol. The summed E-state index contributed by atoms with van der Waals surface area (Å²) in [5.74, 6) is 1.76. The van der Waals surface area contributed by atoms with Gasteiger partial charge in [0, 0.05) is 29.0 Å². The first kappa shape index (κ1) is 14.1. The van der Waals surface area contributed by atoms with Crippen LogP contribution in [-0.2, 0) is 10.5 Å². The quantitative estimate of drug-likeness (QED) is 0.825. The van der Waals surface area contributed by atoms with Gasteiger partial charge in [-0.1, -0.05) is 18.2 Å². The highest BCUT2D eigenvalue weighted by atomic mass is 32.2. The Hall–Kier alpha value is -1.33. The highest BCUT2D eigenvalue weighted by Gasteiger charge is 2.03. The molecule has 100 valence electrons. The van der Waals surface area contributed by atoms with E-state index in [4.69, 9.17) is 0 Å². The molecular formula is C14H16N2OS2. The maximum atomic E-state index is 11.7. The van der Waals surface area contributed by atoms with Gasteiger partial charge in [0.15, 0.2) is 0 Å². The fourth-order valence-electron chi connectivity index (χ4n) is 1.56. The van der Waals surface area contributed by atoms with Crippen LogP contribution in [0.4, 0.5) is 5.69 Å². The molecule has 0 saturated carbocycles. The number of carbonyl (C=O) groups is 1. The van der Waals surface area contributed by atoms with E-state index in [1.165, 1.54) is 0 Å². The molecule has 0 bridgehead atoms. The van der Waals surface area contributed by atoms with Gasteiger partial charge >= 0.3 is 0 Å². The fraction of sp³-hybridized carbons (Fsp3) is 0.286. The largest absolute Gasteiger partial charge is 0.326 e. The summed E-state index contributed by atoms with van der Waals surface area (Å²) in [5.41, 5.74) is 1.96. The minimum atomic E-state index is 0.0631. The number of aromatic nitrogens is 1. The molecule has 19 heavy (non-hydrogen) atoms. The number of anilines is 1. The molecule has 5 heteroatoms. The van der Waals surface area contributed by atoms with Crippen molar-refractivity contribution in [3.63, 3.8) is 0 Å². The Morgan fingerprint density at radius 1 is 1.37 bits per heavy atom. The molecule has 1 aromatic heterocycles. The number of benzene rings is 1. The molecular weight excluding hydrogens is 276 g/mol. The second-order valence-corrected chi connectivity index (χ2v) is 6.24. The normalized spacial score (nSPS) is 10.4. The van der Waals surface area contributed by atoms with Crippen molar-refractivity contribution in [1.82, 2.24) is 4.98 Å². The molecule has 0 spiro atoms. The molecule has 0 unspecified atom stereocenters. The molecule has 0 atom stereocenters. The van der Waals surface area contributed by atoms with Crippen LogP contribution in [0.15, 0.2) is 35.7 Å². The van der Waals surface area contributed by atoms with Gasteiger partial charge in [-0.15, -0.1) is 11.3 Å². The first-order chi connectivity index (χ1) is 9.24. The van der Waals surface area contributed by atoms with E-state index in [2.05, 4.69) is 15.7 Å². The summed E-state index contributed by atoms with van der Waals surface area (Å²) in [7, 11) is 0. The summed E-state index contributed by atoms with van der Waals surface area (Å²) in [6, 6.07) is 9.54. The van der Waals surface area contributed by atoms with Gasteiger partial charge in [0.2, 0.25) is 5.91 Å². The number of nitrogens with one attached hydrogen (secondary N) is 1. The molecule has 0 saturated heterocycles. The molecule has 1 amide bonds. The summed E-state index contributed by atoms with van der Waals surface area (Å²) in [6.07, 6.45) is 0.530. The maximum absolute atomic E-state index is 11.7. The van der Waals surface area contributed by atoms with Crippen molar-refractivity contribution >= 4 is 34.7 Å². The van der Waals surface area contributed by atoms with Crippen molar-refractivity contribution < 1.29 is 4.79 Å². The van der Waals surface area contributed by atoms with Crippen LogP contribution >= 0.6 is 23.1 Å². The Morgan fingerprint density at radius 2 is 2.16 bits per heavy atom. The summed E-state index contributed by atoms with van der Waals surface area (Å²) in [4.78, 5) is 16.1. The number of rotatable bonds is 6. The number of carbonyl (C=O) groups excluding carboxylic acids is 1. The third kappa shape index (κ3) is 5.04. The van der Waals surface area contributed by atoms with E-state index < -0.39 is 0 Å². The van der Waals surface area contributed by atoms with E-state index in [0.29, 0.717) is 6.42 Å². The summed E-state index contributed by atoms with van der Waals surface area (Å²) < 4.78 is 0. The Kier molecular flexibility index (Phi) is 5.42. The van der Waals surface area contributed by atoms with E-state index in [9.17, 15) is 4.79 Å². The van der Waals surface area contributed by atoms with Crippen molar-refractivity contribution in [3.8, 4) is 0 Å². The van der Waals surface area contributed by atoms with Crippen LogP contribution in [0.25, 0.3) is 0 Å². The van der Waals surface area contributed by atoms with E-state index in [-0.39, 0.29) is 5.91 Å². The van der Waals surface area contributed by atoms with Crippen LogP contribution in [0.2, 0.25) is 0 Å². The third-order valence-electron chi connectivity index (χ3n) is 2.45. The first-order valence-electron chi connectivity index (χ1n) is 6.07. The zero-order valence-corrected chi connectivity index (χ0v) is 12.4. The lowest BCUT2D eigenvalue weighted by Gasteiger charge is -2.04. The standard InChI is InChI=1S/C14H16N2OS2/c1-11-15-13(10-19-11)9-18-8-7-14(17)16-12-5-3-2-4-6-12/h2-6,10H,7-9H2,1H3,(H,16,17). The fourth-order valence-corrected chi connectivity index (χ4v) is 3.11. The van der Waals surface area contributed by atoms with Gasteiger partial charge in [0.25, 0.3) is 0 Å². The molecule has 0 fully saturated rings. The van der Waals surface area contributed by atoms with Gasteiger partial charge in [-0.25, -0.2) is 4.98 Å². The van der Waals surface area contributed by atoms with Crippen LogP contribution in [0.3, 0.4) is 0 Å². The van der Waals surface area contributed by atoms with Crippen molar-refractivity contribution in [3.05, 3.63) is 46.4 Å². The average molecular weight is 292 g/mol. The Morgan fingerprint density at radius 3 is 2.84 bits per heavy atom. The summed E-state index contributed by atoms with van der Waals surface area (Å²) in [5, 5.41) is 6.05. The van der Waals surface area contributed by atoms with Gasteiger partial charge in [-0.05, 0) is 19.1 Å². The highest BCUT2D eigenvalue weighted by molar-refractivity contribution is 7.98. The molecule has 1 aromatic carbocycles. The minimum absolute atomic E-state index is 0.0631. The Balaban J connectivity index is 1.64. The third-order valence-corrected chi connectivity index (χ3v) is 4.26. The number of nitrogens with zero attached hydrogens (tertiary/aromatic N) is 1. The van der Waals surface area contributed by atoms with Crippen molar-refractivity contribution in [2.45, 2.75) is 19.1 Å². The van der Waals surface area contributed by atoms with E-state index in [1.807, 2.05) is 37.3 Å². The molecule has 0 aliphatic carbocycles. The average Bonchev–Trinajstić information content (AvgIpc) is 2.82. The SMILES string of the molecule is Cc1nc(CSCCC(=O)Nc2ccccc2)cs1. The lowest BCUT2D eigenvalue weighted by molar-refractivity contribution is -0.115. The topological polar surface area (TPSA) is 42.0 Å². The van der Waals surface area contributed by atoms with Crippen LogP contribution in [0.5, 0.6) is 0 Å². The monoisotopic (exact) mass is 292 g/mol. The van der Waals surface area contributed by atoms with Crippen LogP contribution < -0.4 is 5.32 Å². The van der Waals surface area contributed by atoms with Crippen molar-refractivity contribution in [2.75, 3.05) is 11.1 Å². The Bertz CT molecular complexity index is 525. The second-order valence-electron chi connectivity index (χ2n) is 4.07. The number of hydrogen-bond acceptors (Lipinski definition) is 4. The number of thioether (sulfide) groups is 1. The van der Waals surface area contributed by atoms with E-state index in [1.54, 1.807) is 23.1 Å². The zero-order chi connectivity index (χ0) is 13.5. The lowest BCUT2D eigenvalue weighted by atomic mass is 10.3. The first-order valence-corrected chi connectivity index (χ1v) is 8.11. The molecule has 2 aromatic rings. The van der Waals surface area contributed by atoms with E-state index in [0.717, 1.165) is 27.9 Å².